The summed E-state index contributed by atoms with van der Waals surface area (Å²) in [5, 5.41) is 2.88. The van der Waals surface area contributed by atoms with Gasteiger partial charge in [-0.3, -0.25) is 14.6 Å². The SMILES string of the molecule is NC(=O)c1ccc(C(=O)Nc2ccccc2Sc2ccccc2)cn1. The van der Waals surface area contributed by atoms with Gasteiger partial charge in [0.1, 0.15) is 5.69 Å². The van der Waals surface area contributed by atoms with Crippen LogP contribution in [0.4, 0.5) is 5.69 Å². The predicted molar refractivity (Wildman–Crippen MR) is 97.7 cm³/mol. The van der Waals surface area contributed by atoms with Gasteiger partial charge in [-0.05, 0) is 36.4 Å². The Kier molecular flexibility index (Phi) is 5.11. The summed E-state index contributed by atoms with van der Waals surface area (Å²) in [4.78, 5) is 29.4. The minimum Gasteiger partial charge on any atom is -0.364 e. The van der Waals surface area contributed by atoms with Crippen molar-refractivity contribution in [2.24, 2.45) is 5.73 Å². The summed E-state index contributed by atoms with van der Waals surface area (Å²) >= 11 is 1.57. The molecule has 0 saturated heterocycles. The molecule has 25 heavy (non-hydrogen) atoms. The molecule has 0 unspecified atom stereocenters. The van der Waals surface area contributed by atoms with Crippen molar-refractivity contribution >= 4 is 29.3 Å². The number of hydrogen-bond donors (Lipinski definition) is 2. The van der Waals surface area contributed by atoms with E-state index >= 15 is 0 Å². The fourth-order valence-corrected chi connectivity index (χ4v) is 3.07. The van der Waals surface area contributed by atoms with Gasteiger partial charge in [-0.25, -0.2) is 0 Å². The highest BCUT2D eigenvalue weighted by Crippen LogP contribution is 2.33. The lowest BCUT2D eigenvalue weighted by molar-refractivity contribution is 0.0990. The van der Waals surface area contributed by atoms with Crippen LogP contribution in [-0.2, 0) is 0 Å². The summed E-state index contributed by atoms with van der Waals surface area (Å²) in [6.07, 6.45) is 1.34. The van der Waals surface area contributed by atoms with Crippen molar-refractivity contribution in [2.45, 2.75) is 9.79 Å². The zero-order chi connectivity index (χ0) is 17.6. The maximum atomic E-state index is 12.4. The van der Waals surface area contributed by atoms with E-state index in [1.807, 2.05) is 54.6 Å². The van der Waals surface area contributed by atoms with Crippen molar-refractivity contribution in [1.29, 1.82) is 0 Å². The van der Waals surface area contributed by atoms with Crippen LogP contribution >= 0.6 is 11.8 Å². The topological polar surface area (TPSA) is 85.1 Å². The van der Waals surface area contributed by atoms with Gasteiger partial charge < -0.3 is 11.1 Å². The summed E-state index contributed by atoms with van der Waals surface area (Å²) < 4.78 is 0. The molecule has 6 heteroatoms. The maximum absolute atomic E-state index is 12.4. The second-order valence-electron chi connectivity index (χ2n) is 5.16. The van der Waals surface area contributed by atoms with Gasteiger partial charge >= 0.3 is 0 Å². The number of hydrogen-bond acceptors (Lipinski definition) is 4. The third-order valence-corrected chi connectivity index (χ3v) is 4.47. The van der Waals surface area contributed by atoms with Crippen LogP contribution in [0.3, 0.4) is 0 Å². The van der Waals surface area contributed by atoms with Crippen molar-refractivity contribution in [3.63, 3.8) is 0 Å². The standard InChI is InChI=1S/C19H15N3O2S/c20-18(23)16-11-10-13(12-21-16)19(24)22-15-8-4-5-9-17(15)25-14-6-2-1-3-7-14/h1-12H,(H2,20,23)(H,22,24). The lowest BCUT2D eigenvalue weighted by Crippen LogP contribution is -2.16. The predicted octanol–water partition coefficient (Wildman–Crippen LogP) is 3.58. The minimum absolute atomic E-state index is 0.122. The minimum atomic E-state index is -0.628. The van der Waals surface area contributed by atoms with Crippen LogP contribution in [0.1, 0.15) is 20.8 Å². The third kappa shape index (κ3) is 4.24. The number of primary amides is 1. The lowest BCUT2D eigenvalue weighted by Gasteiger charge is -2.11. The molecule has 0 radical (unpaired) electrons. The van der Waals surface area contributed by atoms with E-state index < -0.39 is 5.91 Å². The first-order chi connectivity index (χ1) is 12.1. The molecule has 124 valence electrons. The maximum Gasteiger partial charge on any atom is 0.267 e. The van der Waals surface area contributed by atoms with E-state index in [1.165, 1.54) is 18.3 Å². The Labute approximate surface area is 149 Å². The Balaban J connectivity index is 1.78. The fraction of sp³-hybridized carbons (Fsp3) is 0. The van der Waals surface area contributed by atoms with E-state index in [-0.39, 0.29) is 11.6 Å². The first-order valence-electron chi connectivity index (χ1n) is 7.52. The Bertz CT molecular complexity index is 896. The smallest absolute Gasteiger partial charge is 0.267 e. The number of pyridine rings is 1. The van der Waals surface area contributed by atoms with Crippen LogP contribution in [0.25, 0.3) is 0 Å². The molecule has 0 aliphatic carbocycles. The normalized spacial score (nSPS) is 10.2. The van der Waals surface area contributed by atoms with Crippen LogP contribution in [0.2, 0.25) is 0 Å². The molecule has 3 N–H and O–H groups in total. The molecule has 0 atom stereocenters. The number of para-hydroxylation sites is 1. The van der Waals surface area contributed by atoms with E-state index in [4.69, 9.17) is 5.73 Å². The molecule has 3 rings (SSSR count). The molecule has 0 bridgehead atoms. The van der Waals surface area contributed by atoms with E-state index in [0.29, 0.717) is 11.3 Å². The molecule has 3 aromatic rings. The number of aromatic nitrogens is 1. The molecule has 2 aromatic carbocycles. The molecule has 1 aromatic heterocycles. The molecule has 0 fully saturated rings. The number of amides is 2. The van der Waals surface area contributed by atoms with E-state index in [1.54, 1.807) is 11.8 Å². The second kappa shape index (κ2) is 7.63. The quantitative estimate of drug-likeness (QED) is 0.737. The van der Waals surface area contributed by atoms with Gasteiger partial charge in [-0.15, -0.1) is 0 Å². The van der Waals surface area contributed by atoms with Gasteiger partial charge in [0, 0.05) is 16.0 Å². The molecule has 2 amide bonds. The molecule has 5 nitrogen and oxygen atoms in total. The fourth-order valence-electron chi connectivity index (χ4n) is 2.14. The third-order valence-electron chi connectivity index (χ3n) is 3.38. The molecule has 0 spiro atoms. The van der Waals surface area contributed by atoms with E-state index in [2.05, 4.69) is 10.3 Å². The monoisotopic (exact) mass is 349 g/mol. The second-order valence-corrected chi connectivity index (χ2v) is 6.28. The summed E-state index contributed by atoms with van der Waals surface area (Å²) in [5.41, 5.74) is 6.33. The van der Waals surface area contributed by atoms with Gasteiger partial charge in [-0.2, -0.15) is 0 Å². The molecule has 0 aliphatic heterocycles. The Morgan fingerprint density at radius 3 is 2.32 bits per heavy atom. The van der Waals surface area contributed by atoms with Crippen molar-refractivity contribution in [2.75, 3.05) is 5.32 Å². The van der Waals surface area contributed by atoms with Gasteiger partial charge in [0.05, 0.1) is 11.3 Å². The summed E-state index contributed by atoms with van der Waals surface area (Å²) in [6, 6.07) is 20.4. The zero-order valence-electron chi connectivity index (χ0n) is 13.2. The van der Waals surface area contributed by atoms with E-state index in [9.17, 15) is 9.59 Å². The van der Waals surface area contributed by atoms with Crippen molar-refractivity contribution in [1.82, 2.24) is 4.98 Å². The average Bonchev–Trinajstić information content (AvgIpc) is 2.64. The first-order valence-corrected chi connectivity index (χ1v) is 8.34. The van der Waals surface area contributed by atoms with Gasteiger partial charge in [-0.1, -0.05) is 42.1 Å². The van der Waals surface area contributed by atoms with Crippen LogP contribution in [0, 0.1) is 0 Å². The van der Waals surface area contributed by atoms with Crippen molar-refractivity contribution in [3.05, 3.63) is 84.2 Å². The van der Waals surface area contributed by atoms with Crippen molar-refractivity contribution in [3.8, 4) is 0 Å². The van der Waals surface area contributed by atoms with Crippen molar-refractivity contribution < 1.29 is 9.59 Å². The first kappa shape index (κ1) is 16.7. The highest BCUT2D eigenvalue weighted by Gasteiger charge is 2.11. The summed E-state index contributed by atoms with van der Waals surface area (Å²) in [5.74, 6) is -0.929. The number of carbonyl (C=O) groups is 2. The molecule has 0 saturated carbocycles. The Morgan fingerprint density at radius 1 is 0.920 bits per heavy atom. The van der Waals surface area contributed by atoms with Crippen LogP contribution in [0.5, 0.6) is 0 Å². The van der Waals surface area contributed by atoms with Crippen LogP contribution in [-0.4, -0.2) is 16.8 Å². The number of benzene rings is 2. The lowest BCUT2D eigenvalue weighted by atomic mass is 10.2. The molecule has 1 heterocycles. The zero-order valence-corrected chi connectivity index (χ0v) is 14.0. The average molecular weight is 349 g/mol. The molecular weight excluding hydrogens is 334 g/mol. The highest BCUT2D eigenvalue weighted by atomic mass is 32.2. The highest BCUT2D eigenvalue weighted by molar-refractivity contribution is 7.99. The molecular formula is C19H15N3O2S. The van der Waals surface area contributed by atoms with Gasteiger partial charge in [0.25, 0.3) is 11.8 Å². The van der Waals surface area contributed by atoms with Crippen LogP contribution in [0.15, 0.2) is 82.7 Å². The van der Waals surface area contributed by atoms with Crippen LogP contribution < -0.4 is 11.1 Å². The van der Waals surface area contributed by atoms with Gasteiger partial charge in [0.2, 0.25) is 0 Å². The van der Waals surface area contributed by atoms with E-state index in [0.717, 1.165) is 9.79 Å². The number of nitrogens with zero attached hydrogens (tertiary/aromatic N) is 1. The number of nitrogens with two attached hydrogens (primary N) is 1. The number of carbonyl (C=O) groups excluding carboxylic acids is 2. The Hall–Kier alpha value is -3.12. The summed E-state index contributed by atoms with van der Waals surface area (Å²) in [6.45, 7) is 0. The molecule has 0 aliphatic rings. The largest absolute Gasteiger partial charge is 0.364 e. The number of anilines is 1. The Morgan fingerprint density at radius 2 is 1.64 bits per heavy atom. The number of rotatable bonds is 5. The summed E-state index contributed by atoms with van der Waals surface area (Å²) in [7, 11) is 0. The number of nitrogens with one attached hydrogen (secondary N) is 1. The van der Waals surface area contributed by atoms with Gasteiger partial charge in [0.15, 0.2) is 0 Å².